The topological polar surface area (TPSA) is 59.8 Å². The number of hydrogen-bond donors (Lipinski definition) is 1. The van der Waals surface area contributed by atoms with Crippen molar-refractivity contribution in [2.45, 2.75) is 19.8 Å². The van der Waals surface area contributed by atoms with Gasteiger partial charge in [0.15, 0.2) is 0 Å². The monoisotopic (exact) mass is 322 g/mol. The predicted octanol–water partition coefficient (Wildman–Crippen LogP) is 2.95. The third-order valence-electron chi connectivity index (χ3n) is 2.65. The molecule has 1 amide bonds. The van der Waals surface area contributed by atoms with Gasteiger partial charge >= 0.3 is 0 Å². The van der Waals surface area contributed by atoms with Crippen LogP contribution in [0.1, 0.15) is 36.1 Å². The molecule has 0 atom stereocenters. The Hall–Kier alpha value is -1.69. The highest BCUT2D eigenvalue weighted by Crippen LogP contribution is 2.16. The Morgan fingerprint density at radius 3 is 2.47 bits per heavy atom. The lowest BCUT2D eigenvalue weighted by Crippen LogP contribution is -2.15. The minimum Gasteiger partial charge on any atom is -0.345 e. The van der Waals surface area contributed by atoms with Crippen LogP contribution in [0.15, 0.2) is 29.1 Å². The van der Waals surface area contributed by atoms with Crippen molar-refractivity contribution in [2.24, 2.45) is 7.05 Å². The first-order valence-electron chi connectivity index (χ1n) is 5.92. The first-order valence-corrected chi connectivity index (χ1v) is 6.72. The third kappa shape index (κ3) is 3.20. The summed E-state index contributed by atoms with van der Waals surface area (Å²) in [5.41, 5.74) is 1.16. The van der Waals surface area contributed by atoms with E-state index in [0.29, 0.717) is 11.4 Å². The molecule has 0 unspecified atom stereocenters. The van der Waals surface area contributed by atoms with Crippen molar-refractivity contribution in [1.29, 1.82) is 0 Å². The molecule has 6 heteroatoms. The molecule has 0 aromatic carbocycles. The van der Waals surface area contributed by atoms with Gasteiger partial charge in [0.1, 0.15) is 11.5 Å². The van der Waals surface area contributed by atoms with Gasteiger partial charge in [0, 0.05) is 23.6 Å². The maximum absolute atomic E-state index is 12.1. The van der Waals surface area contributed by atoms with E-state index in [2.05, 4.69) is 31.2 Å². The molecule has 2 aromatic heterocycles. The molecular weight excluding hydrogens is 308 g/mol. The molecule has 0 bridgehead atoms. The lowest BCUT2D eigenvalue weighted by molar-refractivity contribution is 0.101. The van der Waals surface area contributed by atoms with Crippen molar-refractivity contribution in [3.63, 3.8) is 0 Å². The zero-order valence-electron chi connectivity index (χ0n) is 11.0. The number of halogens is 1. The van der Waals surface area contributed by atoms with E-state index in [-0.39, 0.29) is 11.8 Å². The van der Waals surface area contributed by atoms with Crippen molar-refractivity contribution in [3.05, 3.63) is 40.6 Å². The van der Waals surface area contributed by atoms with Gasteiger partial charge in [-0.05, 0) is 22.0 Å². The zero-order chi connectivity index (χ0) is 14.0. The smallest absolute Gasteiger partial charge is 0.272 e. The molecule has 2 rings (SSSR count). The van der Waals surface area contributed by atoms with Crippen LogP contribution in [0.5, 0.6) is 0 Å². The van der Waals surface area contributed by atoms with Crippen LogP contribution in [0.3, 0.4) is 0 Å². The zero-order valence-corrected chi connectivity index (χ0v) is 12.6. The fourth-order valence-electron chi connectivity index (χ4n) is 1.65. The molecular formula is C13H15BrN4O. The Labute approximate surface area is 120 Å². The molecule has 0 radical (unpaired) electrons. The summed E-state index contributed by atoms with van der Waals surface area (Å²) in [5, 5.41) is 2.77. The highest BCUT2D eigenvalue weighted by Gasteiger charge is 2.12. The second-order valence-corrected chi connectivity index (χ2v) is 5.51. The molecule has 0 saturated carbocycles. The lowest BCUT2D eigenvalue weighted by atomic mass is 10.2. The minimum atomic E-state index is -0.186. The Bertz CT molecular complexity index is 589. The van der Waals surface area contributed by atoms with Crippen LogP contribution >= 0.6 is 15.9 Å². The van der Waals surface area contributed by atoms with Gasteiger partial charge in [0.25, 0.3) is 5.91 Å². The van der Waals surface area contributed by atoms with Gasteiger partial charge in [0.2, 0.25) is 0 Å². The number of amides is 1. The van der Waals surface area contributed by atoms with Crippen molar-refractivity contribution in [3.8, 4) is 0 Å². The largest absolute Gasteiger partial charge is 0.345 e. The summed E-state index contributed by atoms with van der Waals surface area (Å²) in [5.74, 6) is 0.849. The Kier molecular flexibility index (Phi) is 3.99. The highest BCUT2D eigenvalue weighted by atomic mass is 79.9. The Morgan fingerprint density at radius 1 is 1.37 bits per heavy atom. The van der Waals surface area contributed by atoms with E-state index in [1.165, 1.54) is 0 Å². The summed E-state index contributed by atoms with van der Waals surface area (Å²) < 4.78 is 2.62. The average molecular weight is 323 g/mol. The molecule has 0 aliphatic rings. The first kappa shape index (κ1) is 13.7. The predicted molar refractivity (Wildman–Crippen MR) is 77.2 cm³/mol. The van der Waals surface area contributed by atoms with Gasteiger partial charge in [-0.3, -0.25) is 4.79 Å². The maximum atomic E-state index is 12.1. The van der Waals surface area contributed by atoms with Crippen molar-refractivity contribution < 1.29 is 4.79 Å². The van der Waals surface area contributed by atoms with Crippen LogP contribution in [0.25, 0.3) is 0 Å². The number of carbonyl (C=O) groups is 1. The Balaban J connectivity index is 2.13. The molecule has 1 N–H and O–H groups in total. The van der Waals surface area contributed by atoms with E-state index in [0.717, 1.165) is 10.3 Å². The molecule has 0 fully saturated rings. The van der Waals surface area contributed by atoms with Gasteiger partial charge in [-0.25, -0.2) is 9.97 Å². The number of nitrogens with zero attached hydrogens (tertiary/aromatic N) is 3. The van der Waals surface area contributed by atoms with Gasteiger partial charge < -0.3 is 9.88 Å². The molecule has 2 heterocycles. The summed E-state index contributed by atoms with van der Waals surface area (Å²) in [4.78, 5) is 20.5. The molecule has 0 aliphatic heterocycles. The van der Waals surface area contributed by atoms with E-state index < -0.39 is 0 Å². The SMILES string of the molecule is CC(C)c1ncc(NC(=O)c2cc(Br)cn2C)cn1. The number of aromatic nitrogens is 3. The fraction of sp³-hybridized carbons (Fsp3) is 0.308. The van der Waals surface area contributed by atoms with Crippen LogP contribution in [-0.2, 0) is 7.05 Å². The highest BCUT2D eigenvalue weighted by molar-refractivity contribution is 9.10. The quantitative estimate of drug-likeness (QED) is 0.945. The number of rotatable bonds is 3. The molecule has 19 heavy (non-hydrogen) atoms. The second kappa shape index (κ2) is 5.52. The normalized spacial score (nSPS) is 10.8. The number of hydrogen-bond acceptors (Lipinski definition) is 3. The van der Waals surface area contributed by atoms with Gasteiger partial charge in [-0.15, -0.1) is 0 Å². The van der Waals surface area contributed by atoms with Crippen molar-refractivity contribution in [1.82, 2.24) is 14.5 Å². The van der Waals surface area contributed by atoms with Gasteiger partial charge in [0.05, 0.1) is 18.1 Å². The van der Waals surface area contributed by atoms with Crippen molar-refractivity contribution in [2.75, 3.05) is 5.32 Å². The van der Waals surface area contributed by atoms with E-state index in [4.69, 9.17) is 0 Å². The van der Waals surface area contributed by atoms with E-state index in [1.54, 1.807) is 23.0 Å². The molecule has 0 spiro atoms. The van der Waals surface area contributed by atoms with Crippen molar-refractivity contribution >= 4 is 27.5 Å². The van der Waals surface area contributed by atoms with Gasteiger partial charge in [-0.2, -0.15) is 0 Å². The van der Waals surface area contributed by atoms with E-state index >= 15 is 0 Å². The maximum Gasteiger partial charge on any atom is 0.272 e. The van der Waals surface area contributed by atoms with Crippen LogP contribution in [-0.4, -0.2) is 20.4 Å². The molecule has 100 valence electrons. The van der Waals surface area contributed by atoms with Crippen LogP contribution in [0.4, 0.5) is 5.69 Å². The number of aryl methyl sites for hydroxylation is 1. The number of carbonyl (C=O) groups excluding carboxylic acids is 1. The summed E-state index contributed by atoms with van der Waals surface area (Å²) >= 11 is 3.34. The molecule has 2 aromatic rings. The number of anilines is 1. The van der Waals surface area contributed by atoms with E-state index in [1.807, 2.05) is 27.1 Å². The number of nitrogens with one attached hydrogen (secondary N) is 1. The van der Waals surface area contributed by atoms with Crippen LogP contribution < -0.4 is 5.32 Å². The van der Waals surface area contributed by atoms with E-state index in [9.17, 15) is 4.79 Å². The molecule has 0 saturated heterocycles. The molecule has 5 nitrogen and oxygen atoms in total. The third-order valence-corrected chi connectivity index (χ3v) is 3.08. The summed E-state index contributed by atoms with van der Waals surface area (Å²) in [6.45, 7) is 4.05. The standard InChI is InChI=1S/C13H15BrN4O/c1-8(2)12-15-5-10(6-16-12)17-13(19)11-4-9(14)7-18(11)3/h4-8H,1-3H3,(H,17,19). The van der Waals surface area contributed by atoms with Gasteiger partial charge in [-0.1, -0.05) is 13.8 Å². The minimum absolute atomic E-state index is 0.186. The molecule has 0 aliphatic carbocycles. The Morgan fingerprint density at radius 2 is 2.00 bits per heavy atom. The van der Waals surface area contributed by atoms with Crippen LogP contribution in [0, 0.1) is 0 Å². The summed E-state index contributed by atoms with van der Waals surface area (Å²) in [6.07, 6.45) is 5.07. The van der Waals surface area contributed by atoms with Crippen LogP contribution in [0.2, 0.25) is 0 Å². The first-order chi connectivity index (χ1) is 8.97. The summed E-state index contributed by atoms with van der Waals surface area (Å²) in [7, 11) is 1.82. The fourth-order valence-corrected chi connectivity index (χ4v) is 2.17. The second-order valence-electron chi connectivity index (χ2n) is 4.59. The average Bonchev–Trinajstić information content (AvgIpc) is 2.69. The summed E-state index contributed by atoms with van der Waals surface area (Å²) in [6, 6.07) is 1.76. The lowest BCUT2D eigenvalue weighted by Gasteiger charge is -2.07.